The van der Waals surface area contributed by atoms with Gasteiger partial charge in [0.1, 0.15) is 0 Å². The molecule has 3 rings (SSSR count). The highest BCUT2D eigenvalue weighted by molar-refractivity contribution is 5.90. The summed E-state index contributed by atoms with van der Waals surface area (Å²) in [5.41, 5.74) is 7.55. The molecule has 0 aromatic heterocycles. The molecule has 0 aliphatic rings. The van der Waals surface area contributed by atoms with Crippen molar-refractivity contribution in [1.82, 2.24) is 5.43 Å². The van der Waals surface area contributed by atoms with E-state index in [0.29, 0.717) is 11.1 Å². The monoisotopic (exact) mass is 346 g/mol. The first-order valence-corrected chi connectivity index (χ1v) is 8.48. The number of carbonyl (C=O) groups excluding carboxylic acids is 1. The van der Waals surface area contributed by atoms with E-state index in [-0.39, 0.29) is 0 Å². The van der Waals surface area contributed by atoms with Gasteiger partial charge in [0.25, 0.3) is 5.91 Å². The van der Waals surface area contributed by atoms with Crippen LogP contribution in [0, 0.1) is 13.8 Å². The van der Waals surface area contributed by atoms with Gasteiger partial charge in [0.2, 0.25) is 0 Å². The van der Waals surface area contributed by atoms with Crippen LogP contribution >= 0.6 is 0 Å². The van der Waals surface area contributed by atoms with Crippen molar-refractivity contribution in [3.05, 3.63) is 101 Å². The van der Waals surface area contributed by atoms with Gasteiger partial charge in [-0.25, -0.2) is 0 Å². The fraction of sp³-hybridized carbons (Fsp3) is 0.136. The van der Waals surface area contributed by atoms with Crippen LogP contribution in [0.4, 0.5) is 5.69 Å². The lowest BCUT2D eigenvalue weighted by Gasteiger charge is -2.28. The number of rotatable bonds is 5. The van der Waals surface area contributed by atoms with Crippen LogP contribution < -0.4 is 10.9 Å². The molecule has 0 spiro atoms. The Kier molecular flexibility index (Phi) is 5.05. The van der Waals surface area contributed by atoms with Crippen molar-refractivity contribution in [3.8, 4) is 0 Å². The van der Waals surface area contributed by atoms with Crippen LogP contribution in [0.1, 0.15) is 22.3 Å². The van der Waals surface area contributed by atoms with Gasteiger partial charge >= 0.3 is 0 Å². The number of amides is 1. The molecule has 1 amide bonds. The Hall–Kier alpha value is -3.11. The molecule has 0 saturated carbocycles. The van der Waals surface area contributed by atoms with Crippen LogP contribution in [-0.4, -0.2) is 11.0 Å². The van der Waals surface area contributed by atoms with Gasteiger partial charge in [0.05, 0.1) is 5.69 Å². The van der Waals surface area contributed by atoms with E-state index in [1.165, 1.54) is 0 Å². The lowest BCUT2D eigenvalue weighted by Crippen LogP contribution is -2.47. The molecule has 26 heavy (non-hydrogen) atoms. The van der Waals surface area contributed by atoms with Gasteiger partial charge in [-0.05, 0) is 37.1 Å². The third-order valence-electron chi connectivity index (χ3n) is 4.36. The van der Waals surface area contributed by atoms with Crippen molar-refractivity contribution in [1.29, 1.82) is 0 Å². The number of hydrogen-bond acceptors (Lipinski definition) is 3. The van der Waals surface area contributed by atoms with Gasteiger partial charge in [-0.1, -0.05) is 77.9 Å². The molecule has 0 aliphatic heterocycles. The zero-order chi connectivity index (χ0) is 18.6. The fourth-order valence-electron chi connectivity index (χ4n) is 2.76. The maximum atomic E-state index is 13.0. The summed E-state index contributed by atoms with van der Waals surface area (Å²) >= 11 is 0. The second-order valence-electron chi connectivity index (χ2n) is 6.39. The fourth-order valence-corrected chi connectivity index (χ4v) is 2.76. The Morgan fingerprint density at radius 3 is 1.69 bits per heavy atom. The van der Waals surface area contributed by atoms with Gasteiger partial charge in [-0.3, -0.25) is 15.6 Å². The number of aryl methyl sites for hydroxylation is 2. The zero-order valence-electron chi connectivity index (χ0n) is 14.9. The first kappa shape index (κ1) is 17.7. The SMILES string of the molecule is Cc1ccc(C(O)(C(=O)NNc2ccccc2)c2ccc(C)cc2)cc1. The van der Waals surface area contributed by atoms with Crippen molar-refractivity contribution < 1.29 is 9.90 Å². The van der Waals surface area contributed by atoms with Gasteiger partial charge < -0.3 is 5.11 Å². The summed E-state index contributed by atoms with van der Waals surface area (Å²) < 4.78 is 0. The van der Waals surface area contributed by atoms with Gasteiger partial charge in [-0.2, -0.15) is 0 Å². The number of aliphatic hydroxyl groups is 1. The molecule has 4 nitrogen and oxygen atoms in total. The standard InChI is InChI=1S/C22H22N2O2/c1-16-8-12-18(13-9-16)22(26,19-14-10-17(2)11-15-19)21(25)24-23-20-6-4-3-5-7-20/h3-15,23,26H,1-2H3,(H,24,25). The Bertz CT molecular complexity index is 827. The van der Waals surface area contributed by atoms with Crippen LogP contribution in [0.2, 0.25) is 0 Å². The van der Waals surface area contributed by atoms with Crippen molar-refractivity contribution in [3.63, 3.8) is 0 Å². The van der Waals surface area contributed by atoms with E-state index < -0.39 is 11.5 Å². The van der Waals surface area contributed by atoms with Crippen molar-refractivity contribution in [2.24, 2.45) is 0 Å². The maximum absolute atomic E-state index is 13.0. The highest BCUT2D eigenvalue weighted by Crippen LogP contribution is 2.30. The lowest BCUT2D eigenvalue weighted by molar-refractivity contribution is -0.136. The zero-order valence-corrected chi connectivity index (χ0v) is 14.9. The molecule has 0 bridgehead atoms. The number of benzene rings is 3. The number of para-hydroxylation sites is 1. The molecular formula is C22H22N2O2. The second kappa shape index (κ2) is 7.42. The highest BCUT2D eigenvalue weighted by Gasteiger charge is 2.40. The average Bonchev–Trinajstić information content (AvgIpc) is 2.67. The highest BCUT2D eigenvalue weighted by atomic mass is 16.3. The van der Waals surface area contributed by atoms with Crippen LogP contribution in [0.5, 0.6) is 0 Å². The minimum Gasteiger partial charge on any atom is -0.372 e. The number of carbonyl (C=O) groups is 1. The third-order valence-corrected chi connectivity index (χ3v) is 4.36. The summed E-state index contributed by atoms with van der Waals surface area (Å²) in [6.07, 6.45) is 0. The molecule has 3 N–H and O–H groups in total. The molecule has 0 radical (unpaired) electrons. The van der Waals surface area contributed by atoms with E-state index in [9.17, 15) is 9.90 Å². The molecule has 0 unspecified atom stereocenters. The second-order valence-corrected chi connectivity index (χ2v) is 6.39. The van der Waals surface area contributed by atoms with Crippen LogP contribution in [-0.2, 0) is 10.4 Å². The predicted octanol–water partition coefficient (Wildman–Crippen LogP) is 3.68. The number of hydrazine groups is 1. The predicted molar refractivity (Wildman–Crippen MR) is 104 cm³/mol. The third kappa shape index (κ3) is 3.60. The molecule has 0 atom stereocenters. The molecule has 3 aromatic carbocycles. The summed E-state index contributed by atoms with van der Waals surface area (Å²) in [6.45, 7) is 3.93. The Labute approximate surface area is 153 Å². The molecule has 3 aromatic rings. The van der Waals surface area contributed by atoms with Crippen LogP contribution in [0.15, 0.2) is 78.9 Å². The van der Waals surface area contributed by atoms with Gasteiger partial charge in [0, 0.05) is 0 Å². The lowest BCUT2D eigenvalue weighted by atomic mass is 9.85. The summed E-state index contributed by atoms with van der Waals surface area (Å²) in [4.78, 5) is 13.0. The first-order chi connectivity index (χ1) is 12.5. The van der Waals surface area contributed by atoms with Crippen molar-refractivity contribution in [2.45, 2.75) is 19.4 Å². The number of hydrogen-bond donors (Lipinski definition) is 3. The minimum atomic E-state index is -1.80. The Morgan fingerprint density at radius 1 is 0.769 bits per heavy atom. The maximum Gasteiger partial charge on any atom is 0.279 e. The quantitative estimate of drug-likeness (QED) is 0.618. The van der Waals surface area contributed by atoms with Gasteiger partial charge in [-0.15, -0.1) is 0 Å². The molecule has 0 aliphatic carbocycles. The van der Waals surface area contributed by atoms with E-state index in [4.69, 9.17) is 0 Å². The molecular weight excluding hydrogens is 324 g/mol. The van der Waals surface area contributed by atoms with Gasteiger partial charge in [0.15, 0.2) is 5.60 Å². The number of nitrogens with one attached hydrogen (secondary N) is 2. The summed E-state index contributed by atoms with van der Waals surface area (Å²) in [5, 5.41) is 11.4. The summed E-state index contributed by atoms with van der Waals surface area (Å²) in [7, 11) is 0. The molecule has 0 fully saturated rings. The Morgan fingerprint density at radius 2 is 1.23 bits per heavy atom. The molecule has 4 heteroatoms. The summed E-state index contributed by atoms with van der Waals surface area (Å²) in [6, 6.07) is 23.9. The van der Waals surface area contributed by atoms with E-state index in [1.807, 2.05) is 68.4 Å². The van der Waals surface area contributed by atoms with Crippen LogP contribution in [0.3, 0.4) is 0 Å². The average molecular weight is 346 g/mol. The Balaban J connectivity index is 1.95. The van der Waals surface area contributed by atoms with E-state index in [1.54, 1.807) is 24.3 Å². The number of anilines is 1. The van der Waals surface area contributed by atoms with Crippen LogP contribution in [0.25, 0.3) is 0 Å². The van der Waals surface area contributed by atoms with Crippen molar-refractivity contribution >= 4 is 11.6 Å². The molecule has 0 heterocycles. The summed E-state index contributed by atoms with van der Waals surface area (Å²) in [5.74, 6) is -0.547. The minimum absolute atomic E-state index is 0.513. The normalized spacial score (nSPS) is 11.0. The molecule has 132 valence electrons. The smallest absolute Gasteiger partial charge is 0.279 e. The first-order valence-electron chi connectivity index (χ1n) is 8.48. The van der Waals surface area contributed by atoms with E-state index in [2.05, 4.69) is 10.9 Å². The van der Waals surface area contributed by atoms with E-state index in [0.717, 1.165) is 16.8 Å². The largest absolute Gasteiger partial charge is 0.372 e. The molecule has 0 saturated heterocycles. The van der Waals surface area contributed by atoms with E-state index >= 15 is 0 Å². The topological polar surface area (TPSA) is 61.4 Å². The van der Waals surface area contributed by atoms with Crippen molar-refractivity contribution in [2.75, 3.05) is 5.43 Å².